The first-order chi connectivity index (χ1) is 8.97. The Morgan fingerprint density at radius 2 is 2.00 bits per heavy atom. The summed E-state index contributed by atoms with van der Waals surface area (Å²) >= 11 is 0. The van der Waals surface area contributed by atoms with Crippen LogP contribution in [0.25, 0.3) is 0 Å². The molecule has 0 N–H and O–H groups in total. The zero-order chi connectivity index (χ0) is 14.0. The highest BCUT2D eigenvalue weighted by molar-refractivity contribution is 5.44. The van der Waals surface area contributed by atoms with Crippen LogP contribution >= 0.6 is 0 Å². The van der Waals surface area contributed by atoms with Gasteiger partial charge in [0.05, 0.1) is 4.92 Å². The van der Waals surface area contributed by atoms with E-state index in [4.69, 9.17) is 4.74 Å². The van der Waals surface area contributed by atoms with E-state index in [1.807, 2.05) is 0 Å². The SMILES string of the molecule is Cc1cc([N+](=O)[O-])ccc1Oc1ccn(C)c(=O)c1. The van der Waals surface area contributed by atoms with Gasteiger partial charge in [-0.05, 0) is 24.6 Å². The standard InChI is InChI=1S/C13H12N2O4/c1-9-7-10(15(17)18)3-4-12(9)19-11-5-6-14(2)13(16)8-11/h3-8H,1-2H3. The van der Waals surface area contributed by atoms with Crippen molar-refractivity contribution in [3.8, 4) is 11.5 Å². The maximum Gasteiger partial charge on any atom is 0.269 e. The molecule has 6 nitrogen and oxygen atoms in total. The number of nitro benzene ring substituents is 1. The molecule has 0 bridgehead atoms. The summed E-state index contributed by atoms with van der Waals surface area (Å²) in [6, 6.07) is 7.33. The number of rotatable bonds is 3. The van der Waals surface area contributed by atoms with E-state index in [2.05, 4.69) is 0 Å². The van der Waals surface area contributed by atoms with Gasteiger partial charge in [-0.2, -0.15) is 0 Å². The number of aromatic nitrogens is 1. The van der Waals surface area contributed by atoms with Gasteiger partial charge in [-0.25, -0.2) is 0 Å². The molecule has 0 atom stereocenters. The van der Waals surface area contributed by atoms with Crippen LogP contribution in [0.15, 0.2) is 41.3 Å². The van der Waals surface area contributed by atoms with Gasteiger partial charge in [0.25, 0.3) is 11.2 Å². The monoisotopic (exact) mass is 260 g/mol. The van der Waals surface area contributed by atoms with Gasteiger partial charge in [-0.1, -0.05) is 0 Å². The highest BCUT2D eigenvalue weighted by Gasteiger charge is 2.09. The zero-order valence-corrected chi connectivity index (χ0v) is 10.5. The molecule has 2 rings (SSSR count). The van der Waals surface area contributed by atoms with E-state index >= 15 is 0 Å². The van der Waals surface area contributed by atoms with Crippen LogP contribution in [0.4, 0.5) is 5.69 Å². The summed E-state index contributed by atoms with van der Waals surface area (Å²) < 4.78 is 6.97. The molecule has 19 heavy (non-hydrogen) atoms. The van der Waals surface area contributed by atoms with E-state index in [1.165, 1.54) is 28.8 Å². The van der Waals surface area contributed by atoms with Gasteiger partial charge in [0.15, 0.2) is 0 Å². The number of pyridine rings is 1. The summed E-state index contributed by atoms with van der Waals surface area (Å²) in [4.78, 5) is 21.6. The van der Waals surface area contributed by atoms with Crippen LogP contribution in [0.3, 0.4) is 0 Å². The van der Waals surface area contributed by atoms with E-state index in [1.54, 1.807) is 26.2 Å². The third kappa shape index (κ3) is 2.79. The number of nitro groups is 1. The molecular weight excluding hydrogens is 248 g/mol. The third-order valence-electron chi connectivity index (χ3n) is 2.67. The molecule has 0 unspecified atom stereocenters. The van der Waals surface area contributed by atoms with E-state index < -0.39 is 4.92 Å². The Balaban J connectivity index is 2.30. The summed E-state index contributed by atoms with van der Waals surface area (Å²) in [6.45, 7) is 1.71. The van der Waals surface area contributed by atoms with Crippen LogP contribution in [0.2, 0.25) is 0 Å². The molecule has 1 heterocycles. The molecule has 0 fully saturated rings. The first-order valence-electron chi connectivity index (χ1n) is 5.57. The van der Waals surface area contributed by atoms with Crippen LogP contribution < -0.4 is 10.3 Å². The molecule has 1 aromatic heterocycles. The van der Waals surface area contributed by atoms with Crippen LogP contribution in [-0.2, 0) is 7.05 Å². The fourth-order valence-electron chi connectivity index (χ4n) is 1.58. The summed E-state index contributed by atoms with van der Waals surface area (Å²) in [7, 11) is 1.64. The number of hydrogen-bond donors (Lipinski definition) is 0. The molecule has 0 amide bonds. The highest BCUT2D eigenvalue weighted by atomic mass is 16.6. The van der Waals surface area contributed by atoms with Gasteiger partial charge in [0, 0.05) is 31.4 Å². The first kappa shape index (κ1) is 12.8. The molecule has 0 spiro atoms. The predicted octanol–water partition coefficient (Wildman–Crippen LogP) is 2.39. The second kappa shape index (κ2) is 4.93. The molecule has 0 saturated heterocycles. The Labute approximate surface area is 109 Å². The van der Waals surface area contributed by atoms with Crippen molar-refractivity contribution in [1.29, 1.82) is 0 Å². The quantitative estimate of drug-likeness (QED) is 0.627. The lowest BCUT2D eigenvalue weighted by atomic mass is 10.2. The van der Waals surface area contributed by atoms with E-state index in [0.29, 0.717) is 17.1 Å². The van der Waals surface area contributed by atoms with Gasteiger partial charge < -0.3 is 9.30 Å². The number of non-ortho nitro benzene ring substituents is 1. The minimum atomic E-state index is -0.463. The summed E-state index contributed by atoms with van der Waals surface area (Å²) in [5.41, 5.74) is 0.459. The molecule has 0 aliphatic heterocycles. The molecule has 6 heteroatoms. The lowest BCUT2D eigenvalue weighted by molar-refractivity contribution is -0.384. The second-order valence-electron chi connectivity index (χ2n) is 4.12. The molecule has 0 aliphatic carbocycles. The minimum absolute atomic E-state index is 0.00817. The average Bonchev–Trinajstić information content (AvgIpc) is 2.36. The Morgan fingerprint density at radius 3 is 2.58 bits per heavy atom. The maximum absolute atomic E-state index is 11.5. The number of hydrogen-bond acceptors (Lipinski definition) is 4. The molecule has 0 aliphatic rings. The van der Waals surface area contributed by atoms with Crippen molar-refractivity contribution in [3.05, 3.63) is 62.6 Å². The van der Waals surface area contributed by atoms with Crippen LogP contribution in [0.1, 0.15) is 5.56 Å². The molecule has 2 aromatic rings. The molecule has 0 saturated carbocycles. The Kier molecular flexibility index (Phi) is 3.33. The topological polar surface area (TPSA) is 74.4 Å². The van der Waals surface area contributed by atoms with Gasteiger partial charge >= 0.3 is 0 Å². The number of ether oxygens (including phenoxy) is 1. The smallest absolute Gasteiger partial charge is 0.269 e. The zero-order valence-electron chi connectivity index (χ0n) is 10.5. The number of benzene rings is 1. The normalized spacial score (nSPS) is 10.2. The fraction of sp³-hybridized carbons (Fsp3) is 0.154. The Bertz CT molecular complexity index is 691. The van der Waals surface area contributed by atoms with E-state index in [-0.39, 0.29) is 11.2 Å². The van der Waals surface area contributed by atoms with Gasteiger partial charge in [0.1, 0.15) is 11.5 Å². The fourth-order valence-corrected chi connectivity index (χ4v) is 1.58. The first-order valence-corrected chi connectivity index (χ1v) is 5.57. The summed E-state index contributed by atoms with van der Waals surface area (Å²) in [6.07, 6.45) is 1.60. The minimum Gasteiger partial charge on any atom is -0.457 e. The van der Waals surface area contributed by atoms with Crippen molar-refractivity contribution >= 4 is 5.69 Å². The Morgan fingerprint density at radius 1 is 1.26 bits per heavy atom. The Hall–Kier alpha value is -2.63. The van der Waals surface area contributed by atoms with Crippen LogP contribution in [0, 0.1) is 17.0 Å². The van der Waals surface area contributed by atoms with Crippen molar-refractivity contribution in [2.45, 2.75) is 6.92 Å². The lowest BCUT2D eigenvalue weighted by Crippen LogP contribution is -2.13. The van der Waals surface area contributed by atoms with E-state index in [9.17, 15) is 14.9 Å². The lowest BCUT2D eigenvalue weighted by Gasteiger charge is -2.08. The summed E-state index contributed by atoms with van der Waals surface area (Å²) in [5, 5.41) is 10.6. The van der Waals surface area contributed by atoms with Crippen LogP contribution in [-0.4, -0.2) is 9.49 Å². The van der Waals surface area contributed by atoms with E-state index in [0.717, 1.165) is 0 Å². The maximum atomic E-state index is 11.5. The van der Waals surface area contributed by atoms with Crippen molar-refractivity contribution in [3.63, 3.8) is 0 Å². The molecule has 98 valence electrons. The largest absolute Gasteiger partial charge is 0.457 e. The summed E-state index contributed by atoms with van der Waals surface area (Å²) in [5.74, 6) is 0.888. The molecular formula is C13H12N2O4. The highest BCUT2D eigenvalue weighted by Crippen LogP contribution is 2.27. The van der Waals surface area contributed by atoms with Crippen LogP contribution in [0.5, 0.6) is 11.5 Å². The predicted molar refractivity (Wildman–Crippen MR) is 69.6 cm³/mol. The third-order valence-corrected chi connectivity index (χ3v) is 2.67. The van der Waals surface area contributed by atoms with Gasteiger partial charge in [0.2, 0.25) is 0 Å². The van der Waals surface area contributed by atoms with Crippen molar-refractivity contribution < 1.29 is 9.66 Å². The van der Waals surface area contributed by atoms with Gasteiger partial charge in [-0.3, -0.25) is 14.9 Å². The van der Waals surface area contributed by atoms with Crippen molar-refractivity contribution in [2.75, 3.05) is 0 Å². The average molecular weight is 260 g/mol. The molecule has 0 radical (unpaired) electrons. The van der Waals surface area contributed by atoms with Crippen molar-refractivity contribution in [1.82, 2.24) is 4.57 Å². The second-order valence-corrected chi connectivity index (χ2v) is 4.12. The number of nitrogens with zero attached hydrogens (tertiary/aromatic N) is 2. The van der Waals surface area contributed by atoms with Gasteiger partial charge in [-0.15, -0.1) is 0 Å². The molecule has 1 aromatic carbocycles. The number of aryl methyl sites for hydroxylation is 2. The van der Waals surface area contributed by atoms with Crippen molar-refractivity contribution in [2.24, 2.45) is 7.05 Å².